The molecule has 0 unspecified atom stereocenters. The molecule has 7 heteroatoms. The van der Waals surface area contributed by atoms with E-state index in [1.54, 1.807) is 11.3 Å². The summed E-state index contributed by atoms with van der Waals surface area (Å²) >= 11 is 3.24. The van der Waals surface area contributed by atoms with E-state index in [4.69, 9.17) is 0 Å². The van der Waals surface area contributed by atoms with E-state index in [0.717, 1.165) is 39.5 Å². The number of fused-ring (bicyclic) bond motifs is 4. The minimum atomic E-state index is 0.167. The fourth-order valence-electron chi connectivity index (χ4n) is 4.02. The van der Waals surface area contributed by atoms with Gasteiger partial charge in [-0.2, -0.15) is 0 Å². The SMILES string of the molecule is Cc1nc(SCC(=O)N2CCc3[nH]c4ccccc4c3C2)c2c(C)c(C)sc2n1. The number of thiophene rings is 1. The molecule has 0 saturated heterocycles. The summed E-state index contributed by atoms with van der Waals surface area (Å²) in [6.45, 7) is 7.57. The van der Waals surface area contributed by atoms with E-state index >= 15 is 0 Å². The van der Waals surface area contributed by atoms with Gasteiger partial charge >= 0.3 is 0 Å². The highest BCUT2D eigenvalue weighted by Gasteiger charge is 2.24. The van der Waals surface area contributed by atoms with E-state index in [0.29, 0.717) is 12.3 Å². The first kappa shape index (κ1) is 18.6. The van der Waals surface area contributed by atoms with Crippen LogP contribution in [0.1, 0.15) is 27.5 Å². The van der Waals surface area contributed by atoms with Crippen molar-refractivity contribution in [3.8, 4) is 0 Å². The highest BCUT2D eigenvalue weighted by molar-refractivity contribution is 8.00. The molecule has 29 heavy (non-hydrogen) atoms. The lowest BCUT2D eigenvalue weighted by molar-refractivity contribution is -0.129. The van der Waals surface area contributed by atoms with Crippen molar-refractivity contribution in [3.05, 3.63) is 51.8 Å². The van der Waals surface area contributed by atoms with Gasteiger partial charge in [0.15, 0.2) is 0 Å². The Hall–Kier alpha value is -2.38. The topological polar surface area (TPSA) is 61.9 Å². The summed E-state index contributed by atoms with van der Waals surface area (Å²) in [5.74, 6) is 1.33. The van der Waals surface area contributed by atoms with Crippen molar-refractivity contribution in [1.82, 2.24) is 19.9 Å². The van der Waals surface area contributed by atoms with Crippen LogP contribution in [0.2, 0.25) is 0 Å². The molecule has 1 aliphatic rings. The third-order valence-electron chi connectivity index (χ3n) is 5.68. The van der Waals surface area contributed by atoms with E-state index in [-0.39, 0.29) is 5.91 Å². The van der Waals surface area contributed by atoms with E-state index in [9.17, 15) is 4.79 Å². The second-order valence-corrected chi connectivity index (χ2v) is 9.69. The number of aromatic nitrogens is 3. The van der Waals surface area contributed by atoms with Gasteiger partial charge in [0.2, 0.25) is 5.91 Å². The summed E-state index contributed by atoms with van der Waals surface area (Å²) in [5.41, 5.74) is 4.90. The maximum Gasteiger partial charge on any atom is 0.233 e. The van der Waals surface area contributed by atoms with Crippen molar-refractivity contribution >= 4 is 50.1 Å². The number of hydrogen-bond donors (Lipinski definition) is 1. The monoisotopic (exact) mass is 422 g/mol. The molecule has 5 rings (SSSR count). The summed E-state index contributed by atoms with van der Waals surface area (Å²) in [5, 5.41) is 3.26. The fourth-order valence-corrected chi connectivity index (χ4v) is 6.19. The number of benzene rings is 1. The van der Waals surface area contributed by atoms with E-state index in [2.05, 4.69) is 47.0 Å². The second kappa shape index (κ2) is 7.15. The zero-order chi connectivity index (χ0) is 20.1. The Morgan fingerprint density at radius 3 is 2.93 bits per heavy atom. The molecule has 1 aliphatic heterocycles. The number of carbonyl (C=O) groups excluding carboxylic acids is 1. The maximum atomic E-state index is 13.0. The molecule has 0 radical (unpaired) electrons. The summed E-state index contributed by atoms with van der Waals surface area (Å²) in [6, 6.07) is 8.34. The number of hydrogen-bond acceptors (Lipinski definition) is 5. The number of H-pyrrole nitrogens is 1. The van der Waals surface area contributed by atoms with Crippen LogP contribution in [0.25, 0.3) is 21.1 Å². The molecule has 0 aliphatic carbocycles. The van der Waals surface area contributed by atoms with Crippen molar-refractivity contribution in [2.75, 3.05) is 12.3 Å². The molecule has 3 aromatic heterocycles. The zero-order valence-electron chi connectivity index (χ0n) is 16.7. The Kier molecular flexibility index (Phi) is 4.59. The molecule has 0 saturated carbocycles. The molecule has 1 N–H and O–H groups in total. The van der Waals surface area contributed by atoms with Crippen LogP contribution in [0, 0.1) is 20.8 Å². The van der Waals surface area contributed by atoms with Gasteiger partial charge in [-0.3, -0.25) is 4.79 Å². The van der Waals surface area contributed by atoms with Gasteiger partial charge in [-0.1, -0.05) is 30.0 Å². The summed E-state index contributed by atoms with van der Waals surface area (Å²) in [4.78, 5) is 30.0. The number of nitrogens with one attached hydrogen (secondary N) is 1. The minimum absolute atomic E-state index is 0.167. The Morgan fingerprint density at radius 1 is 1.24 bits per heavy atom. The predicted molar refractivity (Wildman–Crippen MR) is 120 cm³/mol. The van der Waals surface area contributed by atoms with E-state index < -0.39 is 0 Å². The van der Waals surface area contributed by atoms with Crippen molar-refractivity contribution < 1.29 is 4.79 Å². The van der Waals surface area contributed by atoms with Crippen molar-refractivity contribution in [2.24, 2.45) is 0 Å². The van der Waals surface area contributed by atoms with Crippen LogP contribution in [-0.4, -0.2) is 38.1 Å². The largest absolute Gasteiger partial charge is 0.358 e. The number of amides is 1. The van der Waals surface area contributed by atoms with Crippen LogP contribution < -0.4 is 0 Å². The van der Waals surface area contributed by atoms with Crippen LogP contribution in [-0.2, 0) is 17.8 Å². The molecule has 0 bridgehead atoms. The quantitative estimate of drug-likeness (QED) is 0.381. The average Bonchev–Trinajstić information content (AvgIpc) is 3.22. The molecule has 0 spiro atoms. The molecule has 1 aromatic carbocycles. The van der Waals surface area contributed by atoms with Crippen LogP contribution >= 0.6 is 23.1 Å². The van der Waals surface area contributed by atoms with Gasteiger partial charge in [-0.05, 0) is 32.4 Å². The van der Waals surface area contributed by atoms with Crippen LogP contribution in [0.4, 0.5) is 0 Å². The molecule has 1 amide bonds. The highest BCUT2D eigenvalue weighted by atomic mass is 32.2. The molecule has 5 nitrogen and oxygen atoms in total. The zero-order valence-corrected chi connectivity index (χ0v) is 18.3. The first-order valence-electron chi connectivity index (χ1n) is 9.74. The number of aromatic amines is 1. The van der Waals surface area contributed by atoms with Gasteiger partial charge in [-0.25, -0.2) is 9.97 Å². The highest BCUT2D eigenvalue weighted by Crippen LogP contribution is 2.35. The summed E-state index contributed by atoms with van der Waals surface area (Å²) in [7, 11) is 0. The lowest BCUT2D eigenvalue weighted by Gasteiger charge is -2.27. The van der Waals surface area contributed by atoms with Crippen molar-refractivity contribution in [1.29, 1.82) is 0 Å². The van der Waals surface area contributed by atoms with Gasteiger partial charge in [0.05, 0.1) is 5.75 Å². The van der Waals surface area contributed by atoms with E-state index in [1.807, 2.05) is 17.9 Å². The molecule has 0 atom stereocenters. The minimum Gasteiger partial charge on any atom is -0.358 e. The predicted octanol–water partition coefficient (Wildman–Crippen LogP) is 4.77. The fraction of sp³-hybridized carbons (Fsp3) is 0.318. The second-order valence-electron chi connectivity index (χ2n) is 7.52. The van der Waals surface area contributed by atoms with Crippen molar-refractivity contribution in [2.45, 2.75) is 38.8 Å². The van der Waals surface area contributed by atoms with Gasteiger partial charge in [-0.15, -0.1) is 11.3 Å². The Morgan fingerprint density at radius 2 is 2.07 bits per heavy atom. The molecule has 148 valence electrons. The van der Waals surface area contributed by atoms with E-state index in [1.165, 1.54) is 38.8 Å². The number of rotatable bonds is 3. The smallest absolute Gasteiger partial charge is 0.233 e. The number of carbonyl (C=O) groups is 1. The number of thioether (sulfide) groups is 1. The van der Waals surface area contributed by atoms with Gasteiger partial charge in [0.25, 0.3) is 0 Å². The Balaban J connectivity index is 1.36. The van der Waals surface area contributed by atoms with Gasteiger partial charge in [0, 0.05) is 51.9 Å². The lowest BCUT2D eigenvalue weighted by Crippen LogP contribution is -2.36. The first-order valence-corrected chi connectivity index (χ1v) is 11.5. The third kappa shape index (κ3) is 3.22. The third-order valence-corrected chi connectivity index (χ3v) is 7.74. The van der Waals surface area contributed by atoms with Gasteiger partial charge in [0.1, 0.15) is 15.7 Å². The molecule has 4 aromatic rings. The normalized spacial score (nSPS) is 14.0. The number of nitrogens with zero attached hydrogens (tertiary/aromatic N) is 3. The maximum absolute atomic E-state index is 13.0. The molecular formula is C22H22N4OS2. The summed E-state index contributed by atoms with van der Waals surface area (Å²) in [6.07, 6.45) is 0.875. The Bertz CT molecular complexity index is 1260. The first-order chi connectivity index (χ1) is 14.0. The Labute approximate surface area is 177 Å². The molecule has 0 fully saturated rings. The lowest BCUT2D eigenvalue weighted by atomic mass is 10.0. The number of aryl methyl sites for hydroxylation is 3. The standard InChI is InChI=1S/C22H22N4OS2/c1-12-13(2)29-22-20(12)21(23-14(3)24-22)28-11-19(27)26-9-8-18-16(10-26)15-6-4-5-7-17(15)25-18/h4-7,25H,8-11H2,1-3H3. The average molecular weight is 423 g/mol. The van der Waals surface area contributed by atoms with Crippen LogP contribution in [0.15, 0.2) is 29.3 Å². The molecule has 4 heterocycles. The molecular weight excluding hydrogens is 400 g/mol. The van der Waals surface area contributed by atoms with Crippen LogP contribution in [0.3, 0.4) is 0 Å². The van der Waals surface area contributed by atoms with Crippen LogP contribution in [0.5, 0.6) is 0 Å². The number of para-hydroxylation sites is 1. The summed E-state index contributed by atoms with van der Waals surface area (Å²) < 4.78 is 0. The van der Waals surface area contributed by atoms with Crippen molar-refractivity contribution in [3.63, 3.8) is 0 Å². The van der Waals surface area contributed by atoms with Gasteiger partial charge < -0.3 is 9.88 Å².